The van der Waals surface area contributed by atoms with Crippen molar-refractivity contribution in [2.75, 3.05) is 44.3 Å². The third-order valence-corrected chi connectivity index (χ3v) is 2.89. The lowest BCUT2D eigenvalue weighted by Gasteiger charge is -2.35. The normalized spacial score (nSPS) is 17.8. The maximum absolute atomic E-state index is 13.0. The van der Waals surface area contributed by atoms with Crippen molar-refractivity contribution in [1.82, 2.24) is 4.90 Å². The van der Waals surface area contributed by atoms with E-state index in [-0.39, 0.29) is 12.5 Å². The van der Waals surface area contributed by atoms with Crippen molar-refractivity contribution in [1.29, 1.82) is 0 Å². The highest BCUT2D eigenvalue weighted by atomic mass is 19.1. The Morgan fingerprint density at radius 2 is 2.00 bits per heavy atom. The lowest BCUT2D eigenvalue weighted by atomic mass is 10.2. The molecule has 0 aliphatic carbocycles. The van der Waals surface area contributed by atoms with E-state index in [0.29, 0.717) is 6.54 Å². The van der Waals surface area contributed by atoms with Gasteiger partial charge in [0.2, 0.25) is 0 Å². The Hall–Kier alpha value is -1.16. The average molecular weight is 225 g/mol. The molecular weight excluding hydrogens is 210 g/mol. The van der Waals surface area contributed by atoms with E-state index >= 15 is 0 Å². The third kappa shape index (κ3) is 2.70. The fraction of sp³-hybridized carbons (Fsp3) is 0.500. The van der Waals surface area contributed by atoms with E-state index in [9.17, 15) is 8.78 Å². The third-order valence-electron chi connectivity index (χ3n) is 2.89. The molecule has 0 N–H and O–H groups in total. The lowest BCUT2D eigenvalue weighted by Crippen LogP contribution is -2.47. The van der Waals surface area contributed by atoms with Crippen LogP contribution in [0.5, 0.6) is 0 Å². The van der Waals surface area contributed by atoms with Crippen LogP contribution in [0.25, 0.3) is 0 Å². The van der Waals surface area contributed by atoms with Crippen molar-refractivity contribution >= 4 is 5.69 Å². The van der Waals surface area contributed by atoms with Crippen LogP contribution in [-0.4, -0.2) is 44.3 Å². The van der Waals surface area contributed by atoms with Crippen molar-refractivity contribution in [2.45, 2.75) is 0 Å². The van der Waals surface area contributed by atoms with Crippen molar-refractivity contribution in [3.8, 4) is 0 Å². The van der Waals surface area contributed by atoms with E-state index in [1.807, 2.05) is 6.07 Å². The number of alkyl halides is 1. The molecule has 0 amide bonds. The van der Waals surface area contributed by atoms with Gasteiger partial charge in [0, 0.05) is 44.5 Å². The maximum atomic E-state index is 13.0. The summed E-state index contributed by atoms with van der Waals surface area (Å²) in [6, 6.07) is 7.43. The molecule has 2 rings (SSSR count). The summed E-state index contributed by atoms with van der Waals surface area (Å²) in [5.74, 6) is -0.330. The standard InChI is InChI=1S/C12H15F2N2/c13-4-5-15-6-8-16(9-7-15)12-3-1-2-11(14)10-12/h1,3,10H,4-9H2. The van der Waals surface area contributed by atoms with Crippen molar-refractivity contribution < 1.29 is 8.78 Å². The van der Waals surface area contributed by atoms with E-state index in [2.05, 4.69) is 15.9 Å². The van der Waals surface area contributed by atoms with E-state index in [1.165, 1.54) is 6.07 Å². The fourth-order valence-electron chi connectivity index (χ4n) is 1.97. The Labute approximate surface area is 94.5 Å². The van der Waals surface area contributed by atoms with Gasteiger partial charge in [0.25, 0.3) is 0 Å². The summed E-state index contributed by atoms with van der Waals surface area (Å²) in [5, 5.41) is 0. The van der Waals surface area contributed by atoms with Gasteiger partial charge in [-0.15, -0.1) is 0 Å². The molecular formula is C12H15F2N2. The fourth-order valence-corrected chi connectivity index (χ4v) is 1.97. The van der Waals surface area contributed by atoms with Crippen molar-refractivity contribution in [3.63, 3.8) is 0 Å². The van der Waals surface area contributed by atoms with Gasteiger partial charge in [0.05, 0.1) is 0 Å². The number of hydrogen-bond donors (Lipinski definition) is 0. The van der Waals surface area contributed by atoms with Gasteiger partial charge in [-0.05, 0) is 18.2 Å². The van der Waals surface area contributed by atoms with Crippen LogP contribution in [0.15, 0.2) is 18.2 Å². The first-order valence-corrected chi connectivity index (χ1v) is 5.50. The molecule has 2 nitrogen and oxygen atoms in total. The monoisotopic (exact) mass is 225 g/mol. The molecule has 1 saturated heterocycles. The van der Waals surface area contributed by atoms with Crippen LogP contribution in [0.2, 0.25) is 0 Å². The van der Waals surface area contributed by atoms with Crippen LogP contribution in [0.4, 0.5) is 14.5 Å². The molecule has 1 aromatic carbocycles. The topological polar surface area (TPSA) is 6.48 Å². The number of halogens is 2. The van der Waals surface area contributed by atoms with Gasteiger partial charge in [0.15, 0.2) is 0 Å². The predicted octanol–water partition coefficient (Wildman–Crippen LogP) is 1.72. The number of anilines is 1. The highest BCUT2D eigenvalue weighted by Gasteiger charge is 2.16. The Morgan fingerprint density at radius 3 is 2.62 bits per heavy atom. The first kappa shape index (κ1) is 11.3. The molecule has 1 aliphatic rings. The minimum absolute atomic E-state index is 0.297. The predicted molar refractivity (Wildman–Crippen MR) is 59.9 cm³/mol. The Morgan fingerprint density at radius 1 is 1.25 bits per heavy atom. The molecule has 0 unspecified atom stereocenters. The minimum atomic E-state index is -0.330. The molecule has 1 heterocycles. The van der Waals surface area contributed by atoms with Gasteiger partial charge in [-0.1, -0.05) is 0 Å². The molecule has 0 spiro atoms. The van der Waals surface area contributed by atoms with Crippen LogP contribution < -0.4 is 4.90 Å². The summed E-state index contributed by atoms with van der Waals surface area (Å²) in [6.07, 6.45) is 0. The molecule has 1 aliphatic heterocycles. The van der Waals surface area contributed by atoms with Gasteiger partial charge >= 0.3 is 0 Å². The lowest BCUT2D eigenvalue weighted by molar-refractivity contribution is 0.235. The first-order chi connectivity index (χ1) is 7.79. The molecule has 0 atom stereocenters. The summed E-state index contributed by atoms with van der Waals surface area (Å²) in [6.45, 7) is 3.53. The number of benzene rings is 1. The molecule has 1 fully saturated rings. The molecule has 0 aromatic heterocycles. The minimum Gasteiger partial charge on any atom is -0.369 e. The summed E-state index contributed by atoms with van der Waals surface area (Å²) < 4.78 is 25.1. The molecule has 16 heavy (non-hydrogen) atoms. The molecule has 0 saturated carbocycles. The van der Waals surface area contributed by atoms with Crippen molar-refractivity contribution in [2.24, 2.45) is 0 Å². The van der Waals surface area contributed by atoms with Gasteiger partial charge < -0.3 is 4.90 Å². The van der Waals surface area contributed by atoms with Crippen LogP contribution in [0, 0.1) is 11.9 Å². The summed E-state index contributed by atoms with van der Waals surface area (Å²) in [4.78, 5) is 4.20. The Bertz CT molecular complexity index is 336. The van der Waals surface area contributed by atoms with Gasteiger partial charge in [-0.25, -0.2) is 8.78 Å². The number of nitrogens with zero attached hydrogens (tertiary/aromatic N) is 2. The number of rotatable bonds is 3. The molecule has 0 bridgehead atoms. The van der Waals surface area contributed by atoms with Gasteiger partial charge in [-0.2, -0.15) is 0 Å². The Balaban J connectivity index is 1.94. The average Bonchev–Trinajstić information content (AvgIpc) is 2.30. The first-order valence-electron chi connectivity index (χ1n) is 5.50. The highest BCUT2D eigenvalue weighted by Crippen LogP contribution is 2.16. The van der Waals surface area contributed by atoms with E-state index in [0.717, 1.165) is 31.9 Å². The van der Waals surface area contributed by atoms with E-state index < -0.39 is 0 Å². The van der Waals surface area contributed by atoms with Gasteiger partial charge in [-0.3, -0.25) is 4.90 Å². The molecule has 1 radical (unpaired) electrons. The smallest absolute Gasteiger partial charge is 0.133 e. The SMILES string of the molecule is FCCN1CCN(c2cc[c]c(F)c2)CC1. The van der Waals surface area contributed by atoms with Gasteiger partial charge in [0.1, 0.15) is 12.5 Å². The summed E-state index contributed by atoms with van der Waals surface area (Å²) in [5.41, 5.74) is 0.885. The molecule has 87 valence electrons. The van der Waals surface area contributed by atoms with E-state index in [1.54, 1.807) is 6.07 Å². The van der Waals surface area contributed by atoms with Crippen LogP contribution in [-0.2, 0) is 0 Å². The summed E-state index contributed by atoms with van der Waals surface area (Å²) in [7, 11) is 0. The second-order valence-corrected chi connectivity index (χ2v) is 3.91. The maximum Gasteiger partial charge on any atom is 0.133 e. The largest absolute Gasteiger partial charge is 0.369 e. The van der Waals surface area contributed by atoms with Crippen LogP contribution in [0.3, 0.4) is 0 Å². The van der Waals surface area contributed by atoms with Crippen molar-refractivity contribution in [3.05, 3.63) is 30.1 Å². The Kier molecular flexibility index (Phi) is 3.72. The zero-order valence-electron chi connectivity index (χ0n) is 9.13. The second kappa shape index (κ2) is 5.25. The van der Waals surface area contributed by atoms with Crippen LogP contribution in [0.1, 0.15) is 0 Å². The highest BCUT2D eigenvalue weighted by molar-refractivity contribution is 5.46. The number of piperazine rings is 1. The zero-order valence-corrected chi connectivity index (χ0v) is 9.13. The molecule has 1 aromatic rings. The van der Waals surface area contributed by atoms with Crippen LogP contribution >= 0.6 is 0 Å². The quantitative estimate of drug-likeness (QED) is 0.772. The zero-order chi connectivity index (χ0) is 11.4. The summed E-state index contributed by atoms with van der Waals surface area (Å²) >= 11 is 0. The number of hydrogen-bond acceptors (Lipinski definition) is 2. The van der Waals surface area contributed by atoms with E-state index in [4.69, 9.17) is 0 Å². The molecule has 4 heteroatoms. The second-order valence-electron chi connectivity index (χ2n) is 3.91.